The van der Waals surface area contributed by atoms with Crippen LogP contribution in [0.5, 0.6) is 0 Å². The summed E-state index contributed by atoms with van der Waals surface area (Å²) in [7, 11) is 0. The molecule has 0 aromatic rings. The van der Waals surface area contributed by atoms with Gasteiger partial charge in [0.05, 0.1) is 6.61 Å². The standard InChI is InChI=1S/C17H27NO5/c1-5-22-15(20)14-13-7-6-12(19)10-11(13)8-9-18(14)16(21)23-17(2,3)4/h11,13-14H,5-10H2,1-4H3/t11-,13+,14-/m1/s1. The van der Waals surface area contributed by atoms with Gasteiger partial charge < -0.3 is 9.47 Å². The lowest BCUT2D eigenvalue weighted by Gasteiger charge is -2.45. The van der Waals surface area contributed by atoms with Gasteiger partial charge in [-0.25, -0.2) is 9.59 Å². The predicted octanol–water partition coefficient (Wildman–Crippen LogP) is 2.54. The molecule has 0 bridgehead atoms. The Kier molecular flexibility index (Phi) is 5.32. The molecule has 1 saturated heterocycles. The van der Waals surface area contributed by atoms with Gasteiger partial charge in [-0.15, -0.1) is 0 Å². The Bertz CT molecular complexity index is 482. The van der Waals surface area contributed by atoms with E-state index in [-0.39, 0.29) is 30.2 Å². The zero-order valence-corrected chi connectivity index (χ0v) is 14.5. The van der Waals surface area contributed by atoms with E-state index in [4.69, 9.17) is 9.47 Å². The molecule has 2 aliphatic rings. The zero-order chi connectivity index (χ0) is 17.2. The van der Waals surface area contributed by atoms with Gasteiger partial charge in [0.1, 0.15) is 17.4 Å². The number of hydrogen-bond acceptors (Lipinski definition) is 5. The molecule has 1 aliphatic heterocycles. The highest BCUT2D eigenvalue weighted by molar-refractivity contribution is 5.84. The van der Waals surface area contributed by atoms with Crippen LogP contribution >= 0.6 is 0 Å². The number of amides is 1. The third kappa shape index (κ3) is 4.24. The van der Waals surface area contributed by atoms with Crippen LogP contribution < -0.4 is 0 Å². The second-order valence-corrected chi connectivity index (χ2v) is 7.36. The Morgan fingerprint density at radius 2 is 1.96 bits per heavy atom. The van der Waals surface area contributed by atoms with Crippen LogP contribution in [0, 0.1) is 11.8 Å². The Morgan fingerprint density at radius 3 is 2.57 bits per heavy atom. The number of nitrogens with zero attached hydrogens (tertiary/aromatic N) is 1. The molecule has 0 unspecified atom stereocenters. The quantitative estimate of drug-likeness (QED) is 0.730. The van der Waals surface area contributed by atoms with Gasteiger partial charge in [-0.05, 0) is 52.4 Å². The van der Waals surface area contributed by atoms with Gasteiger partial charge in [-0.1, -0.05) is 0 Å². The summed E-state index contributed by atoms with van der Waals surface area (Å²) in [6.07, 6.45) is 1.85. The molecule has 6 nitrogen and oxygen atoms in total. The Balaban J connectivity index is 2.21. The highest BCUT2D eigenvalue weighted by Crippen LogP contribution is 2.39. The van der Waals surface area contributed by atoms with E-state index in [2.05, 4.69) is 0 Å². The number of fused-ring (bicyclic) bond motifs is 1. The van der Waals surface area contributed by atoms with Gasteiger partial charge in [-0.2, -0.15) is 0 Å². The van der Waals surface area contributed by atoms with Crippen molar-refractivity contribution in [1.82, 2.24) is 4.90 Å². The number of hydrogen-bond donors (Lipinski definition) is 0. The van der Waals surface area contributed by atoms with Crippen LogP contribution in [0.15, 0.2) is 0 Å². The number of rotatable bonds is 2. The molecule has 2 rings (SSSR count). The van der Waals surface area contributed by atoms with E-state index in [1.54, 1.807) is 27.7 Å². The third-order valence-electron chi connectivity index (χ3n) is 4.49. The van der Waals surface area contributed by atoms with Crippen molar-refractivity contribution in [2.75, 3.05) is 13.2 Å². The van der Waals surface area contributed by atoms with Crippen LogP contribution in [0.2, 0.25) is 0 Å². The first kappa shape index (κ1) is 17.8. The van der Waals surface area contributed by atoms with Crippen molar-refractivity contribution in [2.45, 2.75) is 65.0 Å². The highest BCUT2D eigenvalue weighted by Gasteiger charge is 2.47. The summed E-state index contributed by atoms with van der Waals surface area (Å²) >= 11 is 0. The number of ether oxygens (including phenoxy) is 2. The van der Waals surface area contributed by atoms with E-state index in [9.17, 15) is 14.4 Å². The monoisotopic (exact) mass is 325 g/mol. The van der Waals surface area contributed by atoms with E-state index >= 15 is 0 Å². The van der Waals surface area contributed by atoms with Crippen molar-refractivity contribution in [2.24, 2.45) is 11.8 Å². The van der Waals surface area contributed by atoms with Crippen LogP contribution in [0.25, 0.3) is 0 Å². The first-order valence-electron chi connectivity index (χ1n) is 8.41. The predicted molar refractivity (Wildman–Crippen MR) is 83.8 cm³/mol. The largest absolute Gasteiger partial charge is 0.464 e. The van der Waals surface area contributed by atoms with E-state index in [0.717, 1.165) is 6.42 Å². The fourth-order valence-corrected chi connectivity index (χ4v) is 3.57. The Morgan fingerprint density at radius 1 is 1.26 bits per heavy atom. The minimum Gasteiger partial charge on any atom is -0.464 e. The molecule has 3 atom stereocenters. The maximum Gasteiger partial charge on any atom is 0.411 e. The van der Waals surface area contributed by atoms with Crippen molar-refractivity contribution in [3.8, 4) is 0 Å². The van der Waals surface area contributed by atoms with Crippen LogP contribution in [0.4, 0.5) is 4.79 Å². The molecule has 1 heterocycles. The third-order valence-corrected chi connectivity index (χ3v) is 4.49. The van der Waals surface area contributed by atoms with Crippen LogP contribution in [-0.2, 0) is 19.1 Å². The summed E-state index contributed by atoms with van der Waals surface area (Å²) in [6, 6.07) is -0.642. The van der Waals surface area contributed by atoms with Crippen molar-refractivity contribution in [3.63, 3.8) is 0 Å². The van der Waals surface area contributed by atoms with Crippen LogP contribution in [-0.4, -0.2) is 47.5 Å². The van der Waals surface area contributed by atoms with Crippen molar-refractivity contribution >= 4 is 17.8 Å². The first-order chi connectivity index (χ1) is 10.7. The summed E-state index contributed by atoms with van der Waals surface area (Å²) < 4.78 is 10.6. The van der Waals surface area contributed by atoms with Crippen LogP contribution in [0.1, 0.15) is 53.4 Å². The number of ketones is 1. The summed E-state index contributed by atoms with van der Waals surface area (Å²) in [5.41, 5.74) is -0.615. The second-order valence-electron chi connectivity index (χ2n) is 7.36. The number of carbonyl (C=O) groups is 3. The van der Waals surface area contributed by atoms with Gasteiger partial charge in [0.25, 0.3) is 0 Å². The average Bonchev–Trinajstić information content (AvgIpc) is 2.44. The number of piperidine rings is 1. The Labute approximate surface area is 137 Å². The summed E-state index contributed by atoms with van der Waals surface area (Å²) in [5.74, 6) is -0.000605. The number of likely N-dealkylation sites (tertiary alicyclic amines) is 1. The highest BCUT2D eigenvalue weighted by atomic mass is 16.6. The number of carbonyl (C=O) groups excluding carboxylic acids is 3. The smallest absolute Gasteiger partial charge is 0.411 e. The number of esters is 1. The molecular formula is C17H27NO5. The summed E-state index contributed by atoms with van der Waals surface area (Å²) in [5, 5.41) is 0. The second kappa shape index (κ2) is 6.89. The van der Waals surface area contributed by atoms with Crippen molar-refractivity contribution in [3.05, 3.63) is 0 Å². The molecular weight excluding hydrogens is 298 g/mol. The normalized spacial score (nSPS) is 28.1. The molecule has 0 spiro atoms. The van der Waals surface area contributed by atoms with E-state index < -0.39 is 17.7 Å². The Hall–Kier alpha value is -1.59. The topological polar surface area (TPSA) is 72.9 Å². The minimum absolute atomic E-state index is 0.0204. The van der Waals surface area contributed by atoms with Gasteiger partial charge in [-0.3, -0.25) is 9.69 Å². The average molecular weight is 325 g/mol. The van der Waals surface area contributed by atoms with Crippen molar-refractivity contribution in [1.29, 1.82) is 0 Å². The fraction of sp³-hybridized carbons (Fsp3) is 0.824. The lowest BCUT2D eigenvalue weighted by Crippen LogP contribution is -2.58. The minimum atomic E-state index is -0.642. The molecule has 23 heavy (non-hydrogen) atoms. The molecule has 0 radical (unpaired) electrons. The summed E-state index contributed by atoms with van der Waals surface area (Å²) in [6.45, 7) is 7.85. The molecule has 2 fully saturated rings. The van der Waals surface area contributed by atoms with Crippen LogP contribution in [0.3, 0.4) is 0 Å². The molecule has 6 heteroatoms. The molecule has 0 aromatic heterocycles. The van der Waals surface area contributed by atoms with E-state index in [1.807, 2.05) is 0 Å². The zero-order valence-electron chi connectivity index (χ0n) is 14.5. The maximum absolute atomic E-state index is 12.5. The first-order valence-corrected chi connectivity index (χ1v) is 8.41. The summed E-state index contributed by atoms with van der Waals surface area (Å²) in [4.78, 5) is 38.2. The van der Waals surface area contributed by atoms with Gasteiger partial charge >= 0.3 is 12.1 Å². The van der Waals surface area contributed by atoms with E-state index in [0.29, 0.717) is 25.8 Å². The van der Waals surface area contributed by atoms with Gasteiger partial charge in [0, 0.05) is 19.4 Å². The fourth-order valence-electron chi connectivity index (χ4n) is 3.57. The molecule has 0 aromatic carbocycles. The molecule has 130 valence electrons. The molecule has 1 saturated carbocycles. The SMILES string of the molecule is CCOC(=O)[C@H]1[C@H]2CCC(=O)C[C@H]2CCN1C(=O)OC(C)(C)C. The lowest BCUT2D eigenvalue weighted by atomic mass is 9.70. The molecule has 1 amide bonds. The lowest BCUT2D eigenvalue weighted by molar-refractivity contribution is -0.156. The van der Waals surface area contributed by atoms with Crippen molar-refractivity contribution < 1.29 is 23.9 Å². The maximum atomic E-state index is 12.5. The molecule has 0 N–H and O–H groups in total. The number of Topliss-reactive ketones (excluding diaryl/α,β-unsaturated/α-hetero) is 1. The molecule has 1 aliphatic carbocycles. The van der Waals surface area contributed by atoms with Gasteiger partial charge in [0.15, 0.2) is 0 Å². The van der Waals surface area contributed by atoms with Gasteiger partial charge in [0.2, 0.25) is 0 Å². The van der Waals surface area contributed by atoms with E-state index in [1.165, 1.54) is 4.90 Å².